The lowest BCUT2D eigenvalue weighted by atomic mass is 9.96. The molecular weight excluding hydrogens is 263 g/mol. The number of benzene rings is 1. The number of nitrogens with one attached hydrogen (secondary N) is 1. The molecule has 1 nitrogen and oxygen atoms in total. The Labute approximate surface area is 118 Å². The van der Waals surface area contributed by atoms with Crippen LogP contribution in [0.25, 0.3) is 0 Å². The van der Waals surface area contributed by atoms with Gasteiger partial charge < -0.3 is 5.32 Å². The highest BCUT2D eigenvalue weighted by atomic mass is 19.4. The molecule has 0 aliphatic heterocycles. The van der Waals surface area contributed by atoms with Crippen molar-refractivity contribution in [1.29, 1.82) is 0 Å². The standard InChI is InChI=1S/C16H22F3N/c1-11(13-7-3-4-8-13)20-12(2)14-9-5-6-10-15(14)16(17,18)19/h5-6,9-13,20H,3-4,7-8H2,1-2H3/t11-,12?/m1/s1. The normalized spacial score (nSPS) is 20.1. The van der Waals surface area contributed by atoms with Crippen molar-refractivity contribution < 1.29 is 13.2 Å². The number of hydrogen-bond donors (Lipinski definition) is 1. The van der Waals surface area contributed by atoms with E-state index in [2.05, 4.69) is 12.2 Å². The topological polar surface area (TPSA) is 12.0 Å². The summed E-state index contributed by atoms with van der Waals surface area (Å²) >= 11 is 0. The van der Waals surface area contributed by atoms with Crippen molar-refractivity contribution >= 4 is 0 Å². The summed E-state index contributed by atoms with van der Waals surface area (Å²) in [6.07, 6.45) is 0.557. The molecule has 0 bridgehead atoms. The van der Waals surface area contributed by atoms with E-state index < -0.39 is 11.7 Å². The summed E-state index contributed by atoms with van der Waals surface area (Å²) in [4.78, 5) is 0. The Kier molecular flexibility index (Phi) is 4.74. The predicted molar refractivity (Wildman–Crippen MR) is 74.4 cm³/mol. The number of hydrogen-bond acceptors (Lipinski definition) is 1. The van der Waals surface area contributed by atoms with Crippen molar-refractivity contribution in [2.24, 2.45) is 5.92 Å². The van der Waals surface area contributed by atoms with E-state index in [-0.39, 0.29) is 12.1 Å². The van der Waals surface area contributed by atoms with Crippen LogP contribution in [0.2, 0.25) is 0 Å². The van der Waals surface area contributed by atoms with Crippen molar-refractivity contribution in [3.8, 4) is 0 Å². The minimum absolute atomic E-state index is 0.258. The average molecular weight is 285 g/mol. The van der Waals surface area contributed by atoms with Crippen LogP contribution < -0.4 is 5.32 Å². The van der Waals surface area contributed by atoms with Gasteiger partial charge in [-0.1, -0.05) is 31.0 Å². The molecule has 2 atom stereocenters. The van der Waals surface area contributed by atoms with Crippen LogP contribution in [0.1, 0.15) is 56.7 Å². The third-order valence-corrected chi connectivity index (χ3v) is 4.35. The first-order valence-corrected chi connectivity index (χ1v) is 7.31. The van der Waals surface area contributed by atoms with Gasteiger partial charge >= 0.3 is 6.18 Å². The lowest BCUT2D eigenvalue weighted by Crippen LogP contribution is -2.35. The number of halogens is 3. The van der Waals surface area contributed by atoms with Crippen molar-refractivity contribution in [1.82, 2.24) is 5.32 Å². The van der Waals surface area contributed by atoms with Crippen molar-refractivity contribution in [2.75, 3.05) is 0 Å². The van der Waals surface area contributed by atoms with Crippen LogP contribution in [0.5, 0.6) is 0 Å². The Morgan fingerprint density at radius 2 is 1.70 bits per heavy atom. The monoisotopic (exact) mass is 285 g/mol. The molecule has 4 heteroatoms. The van der Waals surface area contributed by atoms with Crippen LogP contribution in [0.15, 0.2) is 24.3 Å². The van der Waals surface area contributed by atoms with Crippen molar-refractivity contribution in [3.05, 3.63) is 35.4 Å². The van der Waals surface area contributed by atoms with Gasteiger partial charge in [-0.05, 0) is 44.2 Å². The zero-order valence-corrected chi connectivity index (χ0v) is 12.0. The molecule has 0 heterocycles. The smallest absolute Gasteiger partial charge is 0.307 e. The van der Waals surface area contributed by atoms with Gasteiger partial charge in [0.15, 0.2) is 0 Å². The lowest BCUT2D eigenvalue weighted by Gasteiger charge is -2.26. The highest BCUT2D eigenvalue weighted by molar-refractivity contribution is 5.32. The van der Waals surface area contributed by atoms with Gasteiger partial charge in [-0.25, -0.2) is 0 Å². The maximum absolute atomic E-state index is 13.0. The average Bonchev–Trinajstić information content (AvgIpc) is 2.91. The van der Waals surface area contributed by atoms with E-state index in [1.54, 1.807) is 12.1 Å². The highest BCUT2D eigenvalue weighted by Gasteiger charge is 2.34. The fraction of sp³-hybridized carbons (Fsp3) is 0.625. The molecule has 0 saturated heterocycles. The minimum atomic E-state index is -4.29. The maximum Gasteiger partial charge on any atom is 0.416 e. The first kappa shape index (κ1) is 15.4. The maximum atomic E-state index is 13.0. The molecule has 1 unspecified atom stereocenters. The van der Waals surface area contributed by atoms with Gasteiger partial charge in [-0.15, -0.1) is 0 Å². The summed E-state index contributed by atoms with van der Waals surface area (Å²) in [6, 6.07) is 5.81. The molecule has 1 saturated carbocycles. The summed E-state index contributed by atoms with van der Waals surface area (Å²) in [7, 11) is 0. The number of alkyl halides is 3. The molecule has 0 amide bonds. The zero-order valence-electron chi connectivity index (χ0n) is 12.0. The Bertz CT molecular complexity index is 436. The largest absolute Gasteiger partial charge is 0.416 e. The molecule has 1 fully saturated rings. The van der Waals surface area contributed by atoms with Gasteiger partial charge in [-0.3, -0.25) is 0 Å². The lowest BCUT2D eigenvalue weighted by molar-refractivity contribution is -0.138. The molecule has 112 valence electrons. The van der Waals surface area contributed by atoms with Gasteiger partial charge in [-0.2, -0.15) is 13.2 Å². The van der Waals surface area contributed by atoms with Gasteiger partial charge in [0, 0.05) is 12.1 Å². The Balaban J connectivity index is 2.10. The molecule has 2 rings (SSSR count). The Morgan fingerprint density at radius 1 is 1.10 bits per heavy atom. The van der Waals surface area contributed by atoms with Crippen molar-refractivity contribution in [2.45, 2.75) is 57.8 Å². The molecule has 0 aromatic heterocycles. The second kappa shape index (κ2) is 6.17. The van der Waals surface area contributed by atoms with Crippen LogP contribution in [0, 0.1) is 5.92 Å². The first-order valence-electron chi connectivity index (χ1n) is 7.31. The molecule has 1 aliphatic rings. The molecule has 1 aromatic rings. The fourth-order valence-corrected chi connectivity index (χ4v) is 3.21. The van der Waals surface area contributed by atoms with E-state index in [9.17, 15) is 13.2 Å². The summed E-state index contributed by atoms with van der Waals surface area (Å²) in [6.45, 7) is 3.90. The van der Waals surface area contributed by atoms with Crippen LogP contribution in [0.4, 0.5) is 13.2 Å². The van der Waals surface area contributed by atoms with Crippen LogP contribution >= 0.6 is 0 Å². The van der Waals surface area contributed by atoms with Crippen LogP contribution in [-0.2, 0) is 6.18 Å². The SMILES string of the molecule is CC(N[C@H](C)C1CCCC1)c1ccccc1C(F)(F)F. The number of rotatable bonds is 4. The second-order valence-corrected chi connectivity index (χ2v) is 5.81. The minimum Gasteiger partial charge on any atom is -0.307 e. The predicted octanol–water partition coefficient (Wildman–Crippen LogP) is 4.93. The summed E-state index contributed by atoms with van der Waals surface area (Å²) in [5, 5.41) is 3.35. The highest BCUT2D eigenvalue weighted by Crippen LogP contribution is 2.35. The zero-order chi connectivity index (χ0) is 14.8. The van der Waals surface area contributed by atoms with E-state index in [0.29, 0.717) is 11.5 Å². The first-order chi connectivity index (χ1) is 9.39. The van der Waals surface area contributed by atoms with Gasteiger partial charge in [0.1, 0.15) is 0 Å². The summed E-state index contributed by atoms with van der Waals surface area (Å²) in [5.74, 6) is 0.593. The molecule has 0 spiro atoms. The van der Waals surface area contributed by atoms with E-state index in [4.69, 9.17) is 0 Å². The molecule has 0 radical (unpaired) electrons. The molecule has 20 heavy (non-hydrogen) atoms. The Morgan fingerprint density at radius 3 is 2.30 bits per heavy atom. The van der Waals surface area contributed by atoms with Crippen molar-refractivity contribution in [3.63, 3.8) is 0 Å². The van der Waals surface area contributed by atoms with E-state index >= 15 is 0 Å². The van der Waals surface area contributed by atoms with Crippen LogP contribution in [-0.4, -0.2) is 6.04 Å². The third-order valence-electron chi connectivity index (χ3n) is 4.35. The molecule has 1 N–H and O–H groups in total. The van der Waals surface area contributed by atoms with Gasteiger partial charge in [0.2, 0.25) is 0 Å². The quantitative estimate of drug-likeness (QED) is 0.826. The van der Waals surface area contributed by atoms with E-state index in [0.717, 1.165) is 6.07 Å². The van der Waals surface area contributed by atoms with E-state index in [1.807, 2.05) is 6.92 Å². The molecule has 1 aliphatic carbocycles. The third kappa shape index (κ3) is 3.54. The molecular formula is C16H22F3N. The second-order valence-electron chi connectivity index (χ2n) is 5.81. The summed E-state index contributed by atoms with van der Waals surface area (Å²) in [5.41, 5.74) is -0.191. The van der Waals surface area contributed by atoms with E-state index in [1.165, 1.54) is 31.7 Å². The Hall–Kier alpha value is -1.03. The molecule has 1 aromatic carbocycles. The summed E-state index contributed by atoms with van der Waals surface area (Å²) < 4.78 is 39.1. The fourth-order valence-electron chi connectivity index (χ4n) is 3.21. The van der Waals surface area contributed by atoms with Gasteiger partial charge in [0.25, 0.3) is 0 Å². The van der Waals surface area contributed by atoms with Gasteiger partial charge in [0.05, 0.1) is 5.56 Å². The van der Waals surface area contributed by atoms with Crippen LogP contribution in [0.3, 0.4) is 0 Å².